The minimum absolute atomic E-state index is 0.00559. The van der Waals surface area contributed by atoms with E-state index in [2.05, 4.69) is 25.5 Å². The van der Waals surface area contributed by atoms with E-state index in [0.717, 1.165) is 5.69 Å². The van der Waals surface area contributed by atoms with Gasteiger partial charge in [-0.05, 0) is 36.8 Å². The lowest BCUT2D eigenvalue weighted by Crippen LogP contribution is -2.09. The highest BCUT2D eigenvalue weighted by molar-refractivity contribution is 5.90. The van der Waals surface area contributed by atoms with Crippen molar-refractivity contribution in [2.75, 3.05) is 5.32 Å². The normalized spacial score (nSPS) is 12.3. The number of aliphatic hydroxyl groups excluding tert-OH is 1. The van der Waals surface area contributed by atoms with Gasteiger partial charge in [-0.3, -0.25) is 5.10 Å². The molecule has 0 radical (unpaired) electrons. The summed E-state index contributed by atoms with van der Waals surface area (Å²) in [5, 5.41) is 21.0. The van der Waals surface area contributed by atoms with Crippen LogP contribution >= 0.6 is 0 Å². The molecule has 0 amide bonds. The van der Waals surface area contributed by atoms with Gasteiger partial charge in [-0.2, -0.15) is 5.10 Å². The number of aromatic nitrogens is 4. The van der Waals surface area contributed by atoms with Gasteiger partial charge in [0.25, 0.3) is 0 Å². The molecule has 2 aromatic carbocycles. The molecule has 0 spiro atoms. The zero-order chi connectivity index (χ0) is 19.0. The average molecular weight is 367 g/mol. The van der Waals surface area contributed by atoms with Crippen LogP contribution in [-0.2, 0) is 0 Å². The molecule has 136 valence electrons. The van der Waals surface area contributed by atoms with E-state index in [4.69, 9.17) is 0 Å². The molecule has 4 aromatic rings. The quantitative estimate of drug-likeness (QED) is 0.511. The van der Waals surface area contributed by atoms with Crippen LogP contribution in [0.1, 0.15) is 23.2 Å². The second-order valence-electron chi connectivity index (χ2n) is 6.08. The van der Waals surface area contributed by atoms with Gasteiger partial charge in [0.15, 0.2) is 11.6 Å². The van der Waals surface area contributed by atoms with E-state index >= 15 is 0 Å². The van der Waals surface area contributed by atoms with Gasteiger partial charge in [0, 0.05) is 17.1 Å². The smallest absolute Gasteiger partial charge is 0.164 e. The summed E-state index contributed by atoms with van der Waals surface area (Å²) in [7, 11) is 0. The first kappa shape index (κ1) is 17.0. The largest absolute Gasteiger partial charge is 0.380 e. The van der Waals surface area contributed by atoms with Gasteiger partial charge in [0.05, 0.1) is 0 Å². The van der Waals surface area contributed by atoms with Crippen molar-refractivity contribution in [1.82, 2.24) is 20.2 Å². The van der Waals surface area contributed by atoms with Gasteiger partial charge >= 0.3 is 0 Å². The second kappa shape index (κ2) is 6.73. The summed E-state index contributed by atoms with van der Waals surface area (Å²) >= 11 is 0. The maximum absolute atomic E-state index is 14.3. The number of aliphatic hydroxyl groups is 1. The Balaban J connectivity index is 1.83. The molecule has 0 aliphatic heterocycles. The summed E-state index contributed by atoms with van der Waals surface area (Å²) in [5.74, 6) is -0.161. The third kappa shape index (κ3) is 3.34. The summed E-state index contributed by atoms with van der Waals surface area (Å²) in [6.07, 6.45) is -1.24. The number of rotatable bonds is 4. The third-order valence-electron chi connectivity index (χ3n) is 4.08. The first-order chi connectivity index (χ1) is 13.0. The van der Waals surface area contributed by atoms with Crippen LogP contribution < -0.4 is 5.32 Å². The monoisotopic (exact) mass is 367 g/mol. The Kier molecular flexibility index (Phi) is 4.25. The maximum Gasteiger partial charge on any atom is 0.164 e. The highest BCUT2D eigenvalue weighted by Crippen LogP contribution is 2.28. The van der Waals surface area contributed by atoms with E-state index in [-0.39, 0.29) is 11.3 Å². The molecule has 1 atom stereocenters. The number of H-pyrrole nitrogens is 1. The number of aromatic amines is 1. The van der Waals surface area contributed by atoms with E-state index in [1.807, 2.05) is 6.92 Å². The number of halogens is 2. The molecule has 2 aromatic heterocycles. The lowest BCUT2D eigenvalue weighted by Gasteiger charge is -2.14. The zero-order valence-electron chi connectivity index (χ0n) is 14.2. The third-order valence-corrected chi connectivity index (χ3v) is 4.08. The Morgan fingerprint density at radius 2 is 1.85 bits per heavy atom. The van der Waals surface area contributed by atoms with Gasteiger partial charge in [-0.1, -0.05) is 18.2 Å². The Morgan fingerprint density at radius 3 is 2.56 bits per heavy atom. The number of hydrogen-bond donors (Lipinski definition) is 3. The van der Waals surface area contributed by atoms with Crippen LogP contribution in [0.2, 0.25) is 0 Å². The fraction of sp³-hybridized carbons (Fsp3) is 0.105. The van der Waals surface area contributed by atoms with Gasteiger partial charge in [0.2, 0.25) is 0 Å². The van der Waals surface area contributed by atoms with Crippen LogP contribution in [0.15, 0.2) is 48.5 Å². The number of benzene rings is 2. The highest BCUT2D eigenvalue weighted by Gasteiger charge is 2.19. The SMILES string of the molecule is Cc1cc(Nc2nc([C@H](O)c3ccc(F)cc3)nc3c(F)cccc23)n[nH]1. The Bertz CT molecular complexity index is 1110. The second-order valence-corrected chi connectivity index (χ2v) is 6.08. The predicted molar refractivity (Wildman–Crippen MR) is 96.6 cm³/mol. The van der Waals surface area contributed by atoms with E-state index in [1.54, 1.807) is 18.2 Å². The van der Waals surface area contributed by atoms with Crippen LogP contribution in [0.25, 0.3) is 10.9 Å². The predicted octanol–water partition coefficient (Wildman–Crippen LogP) is 3.76. The molecule has 2 heterocycles. The minimum atomic E-state index is -1.24. The molecule has 0 saturated heterocycles. The molecule has 6 nitrogen and oxygen atoms in total. The fourth-order valence-electron chi connectivity index (χ4n) is 2.75. The molecule has 0 unspecified atom stereocenters. The average Bonchev–Trinajstić information content (AvgIpc) is 3.07. The molecule has 3 N–H and O–H groups in total. The summed E-state index contributed by atoms with van der Waals surface area (Å²) in [6.45, 7) is 1.85. The van der Waals surface area contributed by atoms with Crippen LogP contribution in [-0.4, -0.2) is 25.3 Å². The van der Waals surface area contributed by atoms with Crippen molar-refractivity contribution in [3.05, 3.63) is 77.2 Å². The number of aryl methyl sites for hydroxylation is 1. The lowest BCUT2D eigenvalue weighted by atomic mass is 10.1. The summed E-state index contributed by atoms with van der Waals surface area (Å²) in [6, 6.07) is 11.6. The van der Waals surface area contributed by atoms with Gasteiger partial charge < -0.3 is 10.4 Å². The van der Waals surface area contributed by atoms with Gasteiger partial charge in [0.1, 0.15) is 29.1 Å². The molecule has 0 aliphatic rings. The Labute approximate surface area is 152 Å². The number of para-hydroxylation sites is 1. The van der Waals surface area contributed by atoms with E-state index < -0.39 is 17.7 Å². The summed E-state index contributed by atoms with van der Waals surface area (Å²) < 4.78 is 27.5. The topological polar surface area (TPSA) is 86.7 Å². The van der Waals surface area contributed by atoms with Crippen molar-refractivity contribution in [2.24, 2.45) is 0 Å². The number of anilines is 2. The molecule has 8 heteroatoms. The van der Waals surface area contributed by atoms with Gasteiger partial charge in [-0.25, -0.2) is 18.7 Å². The Hall–Kier alpha value is -3.39. The molecule has 0 aliphatic carbocycles. The van der Waals surface area contributed by atoms with Crippen molar-refractivity contribution < 1.29 is 13.9 Å². The molecular formula is C19H15F2N5O. The first-order valence-corrected chi connectivity index (χ1v) is 8.20. The standard InChI is InChI=1S/C19H15F2N5O/c1-10-9-15(26-25-10)22-18-13-3-2-4-14(21)16(13)23-19(24-18)17(27)11-5-7-12(20)8-6-11/h2-9,17,27H,1H3,(H2,22,23,24,25,26)/t17-/m1/s1. The molecule has 0 saturated carbocycles. The first-order valence-electron chi connectivity index (χ1n) is 8.20. The number of fused-ring (bicyclic) bond motifs is 1. The molecule has 27 heavy (non-hydrogen) atoms. The van der Waals surface area contributed by atoms with Crippen molar-refractivity contribution in [2.45, 2.75) is 13.0 Å². The Morgan fingerprint density at radius 1 is 1.07 bits per heavy atom. The van der Waals surface area contributed by atoms with Crippen LogP contribution in [0, 0.1) is 18.6 Å². The van der Waals surface area contributed by atoms with Gasteiger partial charge in [-0.15, -0.1) is 0 Å². The zero-order valence-corrected chi connectivity index (χ0v) is 14.2. The molecular weight excluding hydrogens is 352 g/mol. The van der Waals surface area contributed by atoms with Crippen molar-refractivity contribution in [3.63, 3.8) is 0 Å². The van der Waals surface area contributed by atoms with Crippen molar-refractivity contribution in [3.8, 4) is 0 Å². The molecule has 0 fully saturated rings. The van der Waals surface area contributed by atoms with Crippen LogP contribution in [0.4, 0.5) is 20.4 Å². The van der Waals surface area contributed by atoms with E-state index in [1.165, 1.54) is 30.3 Å². The van der Waals surface area contributed by atoms with Crippen molar-refractivity contribution in [1.29, 1.82) is 0 Å². The summed E-state index contributed by atoms with van der Waals surface area (Å²) in [4.78, 5) is 8.54. The number of hydrogen-bond acceptors (Lipinski definition) is 5. The highest BCUT2D eigenvalue weighted by atomic mass is 19.1. The number of nitrogens with one attached hydrogen (secondary N) is 2. The minimum Gasteiger partial charge on any atom is -0.380 e. The summed E-state index contributed by atoms with van der Waals surface area (Å²) in [5.41, 5.74) is 1.31. The lowest BCUT2D eigenvalue weighted by molar-refractivity contribution is 0.210. The molecule has 4 rings (SSSR count). The van der Waals surface area contributed by atoms with Crippen LogP contribution in [0.5, 0.6) is 0 Å². The molecule has 0 bridgehead atoms. The fourth-order valence-corrected chi connectivity index (χ4v) is 2.75. The maximum atomic E-state index is 14.3. The number of nitrogens with zero attached hydrogens (tertiary/aromatic N) is 3. The van der Waals surface area contributed by atoms with E-state index in [0.29, 0.717) is 22.6 Å². The van der Waals surface area contributed by atoms with Crippen LogP contribution in [0.3, 0.4) is 0 Å². The van der Waals surface area contributed by atoms with E-state index in [9.17, 15) is 13.9 Å². The van der Waals surface area contributed by atoms with Crippen molar-refractivity contribution >= 4 is 22.5 Å².